The summed E-state index contributed by atoms with van der Waals surface area (Å²) in [7, 11) is 2.92. The SMILES string of the molecule is COC1(CCCOc2ccc(N3CCCCC3=O)cc2)CCCC[Si]1(OC)OC. The number of ether oxygens (including phenoxy) is 2. The Morgan fingerprint density at radius 3 is 2.45 bits per heavy atom. The normalized spacial score (nSPS) is 24.5. The van der Waals surface area contributed by atoms with Crippen molar-refractivity contribution in [3.05, 3.63) is 24.3 Å². The average molecular weight is 422 g/mol. The van der Waals surface area contributed by atoms with Crippen LogP contribution in [0.25, 0.3) is 0 Å². The zero-order valence-electron chi connectivity index (χ0n) is 18.1. The van der Waals surface area contributed by atoms with Crippen molar-refractivity contribution in [3.8, 4) is 5.75 Å². The highest BCUT2D eigenvalue weighted by atomic mass is 28.4. The standard InChI is InChI=1S/C22H35NO5Si/c1-25-22(14-5-7-18-29(22,26-2)27-3)15-8-17-28-20-12-10-19(11-13-20)23-16-6-4-9-21(23)24/h10-13H,4-9,14-18H2,1-3H3. The van der Waals surface area contributed by atoms with Gasteiger partial charge in [0.05, 0.1) is 6.61 Å². The van der Waals surface area contributed by atoms with Gasteiger partial charge in [0.25, 0.3) is 0 Å². The Kier molecular flexibility index (Phi) is 7.73. The van der Waals surface area contributed by atoms with Crippen LogP contribution in [-0.2, 0) is 18.4 Å². The molecule has 0 bridgehead atoms. The summed E-state index contributed by atoms with van der Waals surface area (Å²) in [6.45, 7) is 1.42. The van der Waals surface area contributed by atoms with Crippen LogP contribution in [0.5, 0.6) is 5.75 Å². The summed E-state index contributed by atoms with van der Waals surface area (Å²) < 4.78 is 23.9. The van der Waals surface area contributed by atoms with Crippen molar-refractivity contribution in [3.63, 3.8) is 0 Å². The van der Waals surface area contributed by atoms with Crippen LogP contribution in [-0.4, -0.2) is 54.2 Å². The van der Waals surface area contributed by atoms with Crippen LogP contribution in [0, 0.1) is 0 Å². The molecule has 2 heterocycles. The molecule has 2 saturated heterocycles. The van der Waals surface area contributed by atoms with Crippen molar-refractivity contribution in [2.45, 2.75) is 62.6 Å². The first kappa shape index (κ1) is 22.3. The van der Waals surface area contributed by atoms with Crippen molar-refractivity contribution in [1.29, 1.82) is 0 Å². The Morgan fingerprint density at radius 2 is 1.79 bits per heavy atom. The van der Waals surface area contributed by atoms with E-state index in [9.17, 15) is 4.79 Å². The summed E-state index contributed by atoms with van der Waals surface area (Å²) in [5.74, 6) is 1.04. The van der Waals surface area contributed by atoms with Crippen molar-refractivity contribution in [2.24, 2.45) is 0 Å². The Balaban J connectivity index is 1.53. The first-order chi connectivity index (χ1) is 14.1. The van der Waals surface area contributed by atoms with Crippen molar-refractivity contribution in [1.82, 2.24) is 0 Å². The monoisotopic (exact) mass is 421 g/mol. The quantitative estimate of drug-likeness (QED) is 0.442. The Bertz CT molecular complexity index is 664. The maximum absolute atomic E-state index is 12.1. The van der Waals surface area contributed by atoms with Gasteiger partial charge in [0.1, 0.15) is 11.0 Å². The van der Waals surface area contributed by atoms with Gasteiger partial charge in [0.2, 0.25) is 5.91 Å². The van der Waals surface area contributed by atoms with Crippen LogP contribution in [0.15, 0.2) is 24.3 Å². The number of anilines is 1. The molecule has 6 nitrogen and oxygen atoms in total. The van der Waals surface area contributed by atoms with E-state index in [1.807, 2.05) is 29.2 Å². The van der Waals surface area contributed by atoms with Gasteiger partial charge in [0.15, 0.2) is 0 Å². The summed E-state index contributed by atoms with van der Waals surface area (Å²) in [6, 6.07) is 8.83. The van der Waals surface area contributed by atoms with E-state index >= 15 is 0 Å². The summed E-state index contributed by atoms with van der Waals surface area (Å²) in [6.07, 6.45) is 7.73. The molecule has 162 valence electrons. The second-order valence-electron chi connectivity index (χ2n) is 8.02. The van der Waals surface area contributed by atoms with E-state index in [1.165, 1.54) is 0 Å². The van der Waals surface area contributed by atoms with E-state index in [1.54, 1.807) is 21.3 Å². The van der Waals surface area contributed by atoms with Crippen LogP contribution in [0.2, 0.25) is 6.04 Å². The summed E-state index contributed by atoms with van der Waals surface area (Å²) in [4.78, 5) is 13.9. The fourth-order valence-electron chi connectivity index (χ4n) is 4.87. The molecule has 29 heavy (non-hydrogen) atoms. The molecular formula is C22H35NO5Si. The maximum Gasteiger partial charge on any atom is 0.370 e. The number of nitrogens with zero attached hydrogens (tertiary/aromatic N) is 1. The smallest absolute Gasteiger partial charge is 0.370 e. The number of carbonyl (C=O) groups excluding carboxylic acids is 1. The van der Waals surface area contributed by atoms with E-state index < -0.39 is 8.56 Å². The van der Waals surface area contributed by atoms with Crippen molar-refractivity contribution >= 4 is 20.2 Å². The van der Waals surface area contributed by atoms with E-state index in [0.29, 0.717) is 13.0 Å². The second-order valence-corrected chi connectivity index (χ2v) is 11.7. The fourth-order valence-corrected chi connectivity index (χ4v) is 8.79. The number of methoxy groups -OCH3 is 1. The third kappa shape index (κ3) is 4.68. The highest BCUT2D eigenvalue weighted by Crippen LogP contribution is 2.42. The van der Waals surface area contributed by atoms with Gasteiger partial charge in [-0.25, -0.2) is 0 Å². The zero-order chi connectivity index (χ0) is 20.7. The number of hydrogen-bond donors (Lipinski definition) is 0. The molecule has 7 heteroatoms. The van der Waals surface area contributed by atoms with E-state index in [-0.39, 0.29) is 11.1 Å². The number of carbonyl (C=O) groups is 1. The molecule has 0 aromatic heterocycles. The van der Waals surface area contributed by atoms with Gasteiger partial charge < -0.3 is 23.2 Å². The lowest BCUT2D eigenvalue weighted by Gasteiger charge is -2.48. The minimum atomic E-state index is -2.39. The highest BCUT2D eigenvalue weighted by Gasteiger charge is 2.58. The van der Waals surface area contributed by atoms with Gasteiger partial charge in [-0.2, -0.15) is 0 Å². The zero-order valence-corrected chi connectivity index (χ0v) is 19.1. The van der Waals surface area contributed by atoms with Gasteiger partial charge in [-0.3, -0.25) is 4.79 Å². The Morgan fingerprint density at radius 1 is 1.03 bits per heavy atom. The molecular weight excluding hydrogens is 386 g/mol. The average Bonchev–Trinajstić information content (AvgIpc) is 2.78. The molecule has 0 spiro atoms. The van der Waals surface area contributed by atoms with E-state index in [4.69, 9.17) is 18.3 Å². The Labute approximate surface area is 175 Å². The van der Waals surface area contributed by atoms with Crippen molar-refractivity contribution in [2.75, 3.05) is 39.4 Å². The van der Waals surface area contributed by atoms with Gasteiger partial charge in [-0.05, 0) is 62.4 Å². The minimum Gasteiger partial charge on any atom is -0.494 e. The second kappa shape index (κ2) is 10.1. The molecule has 1 unspecified atom stereocenters. The first-order valence-corrected chi connectivity index (χ1v) is 12.8. The third-order valence-electron chi connectivity index (χ3n) is 6.55. The van der Waals surface area contributed by atoms with Crippen LogP contribution in [0.4, 0.5) is 5.69 Å². The highest BCUT2D eigenvalue weighted by molar-refractivity contribution is 6.70. The largest absolute Gasteiger partial charge is 0.494 e. The molecule has 1 amide bonds. The fraction of sp³-hybridized carbons (Fsp3) is 0.682. The molecule has 2 fully saturated rings. The molecule has 2 aliphatic heterocycles. The molecule has 1 atom stereocenters. The molecule has 0 aliphatic carbocycles. The number of hydrogen-bond acceptors (Lipinski definition) is 5. The predicted molar refractivity (Wildman–Crippen MR) is 116 cm³/mol. The molecule has 0 radical (unpaired) electrons. The lowest BCUT2D eigenvalue weighted by molar-refractivity contribution is -0.119. The first-order valence-electron chi connectivity index (χ1n) is 10.8. The van der Waals surface area contributed by atoms with Crippen LogP contribution < -0.4 is 9.64 Å². The van der Waals surface area contributed by atoms with Crippen LogP contribution in [0.1, 0.15) is 51.4 Å². The maximum atomic E-state index is 12.1. The minimum absolute atomic E-state index is 0.214. The lowest BCUT2D eigenvalue weighted by Crippen LogP contribution is -2.64. The van der Waals surface area contributed by atoms with Crippen LogP contribution in [0.3, 0.4) is 0 Å². The third-order valence-corrected chi connectivity index (χ3v) is 11.0. The molecule has 3 rings (SSSR count). The van der Waals surface area contributed by atoms with Gasteiger partial charge in [0, 0.05) is 40.0 Å². The predicted octanol–water partition coefficient (Wildman–Crippen LogP) is 4.21. The topological polar surface area (TPSA) is 57.2 Å². The summed E-state index contributed by atoms with van der Waals surface area (Å²) in [5.41, 5.74) is 0.957. The van der Waals surface area contributed by atoms with E-state index in [2.05, 4.69) is 0 Å². The van der Waals surface area contributed by atoms with Gasteiger partial charge in [-0.15, -0.1) is 0 Å². The van der Waals surface area contributed by atoms with Gasteiger partial charge >= 0.3 is 8.56 Å². The number of piperidine rings is 1. The molecule has 0 N–H and O–H groups in total. The molecule has 1 aromatic carbocycles. The molecule has 2 aliphatic rings. The summed E-state index contributed by atoms with van der Waals surface area (Å²) >= 11 is 0. The lowest BCUT2D eigenvalue weighted by atomic mass is 10.1. The van der Waals surface area contributed by atoms with E-state index in [0.717, 1.165) is 69.0 Å². The number of rotatable bonds is 9. The number of amides is 1. The Hall–Kier alpha value is -1.41. The molecule has 0 saturated carbocycles. The molecule has 1 aromatic rings. The van der Waals surface area contributed by atoms with Crippen molar-refractivity contribution < 1.29 is 23.1 Å². The van der Waals surface area contributed by atoms with Gasteiger partial charge in [-0.1, -0.05) is 12.8 Å². The number of benzene rings is 1. The summed E-state index contributed by atoms with van der Waals surface area (Å²) in [5, 5.41) is -0.309. The van der Waals surface area contributed by atoms with Crippen LogP contribution >= 0.6 is 0 Å².